The normalized spacial score (nSPS) is 12.9. The van der Waals surface area contributed by atoms with E-state index >= 15 is 0 Å². The smallest absolute Gasteiger partial charge is 0.248 e. The number of anilines is 1. The van der Waals surface area contributed by atoms with Crippen molar-refractivity contribution in [3.05, 3.63) is 42.7 Å². The molecule has 0 saturated heterocycles. The van der Waals surface area contributed by atoms with Crippen molar-refractivity contribution in [3.63, 3.8) is 0 Å². The van der Waals surface area contributed by atoms with E-state index in [2.05, 4.69) is 10.1 Å². The number of amides is 1. The van der Waals surface area contributed by atoms with E-state index in [0.29, 0.717) is 5.69 Å². The van der Waals surface area contributed by atoms with Gasteiger partial charge in [0.1, 0.15) is 25.0 Å². The van der Waals surface area contributed by atoms with Crippen LogP contribution in [0.1, 0.15) is 20.8 Å². The van der Waals surface area contributed by atoms with Gasteiger partial charge < -0.3 is 10.0 Å². The zero-order valence-corrected chi connectivity index (χ0v) is 13.5. The maximum absolute atomic E-state index is 13.1. The van der Waals surface area contributed by atoms with Gasteiger partial charge in [0.25, 0.3) is 0 Å². The number of benzene rings is 1. The highest BCUT2D eigenvalue weighted by molar-refractivity contribution is 5.93. The largest absolute Gasteiger partial charge is 0.391 e. The fourth-order valence-corrected chi connectivity index (χ4v) is 1.96. The SMILES string of the molecule is CC(C)(C)C(O)CN(C(=O)Cn1cncn1)c1ccc(F)cc1. The summed E-state index contributed by atoms with van der Waals surface area (Å²) in [6.07, 6.45) is 2.06. The monoisotopic (exact) mass is 320 g/mol. The van der Waals surface area contributed by atoms with Crippen LogP contribution in [0.4, 0.5) is 10.1 Å². The van der Waals surface area contributed by atoms with Crippen molar-refractivity contribution in [2.45, 2.75) is 33.4 Å². The fraction of sp³-hybridized carbons (Fsp3) is 0.438. The molecule has 1 unspecified atom stereocenters. The molecule has 1 aromatic carbocycles. The first kappa shape index (κ1) is 17.1. The van der Waals surface area contributed by atoms with Crippen LogP contribution in [-0.4, -0.2) is 38.4 Å². The molecule has 0 radical (unpaired) electrons. The first-order chi connectivity index (χ1) is 10.8. The van der Waals surface area contributed by atoms with Gasteiger partial charge in [0.05, 0.1) is 12.6 Å². The van der Waals surface area contributed by atoms with Crippen LogP contribution in [0.15, 0.2) is 36.9 Å². The summed E-state index contributed by atoms with van der Waals surface area (Å²) in [6.45, 7) is 5.78. The molecule has 0 aliphatic carbocycles. The standard InChI is InChI=1S/C16H21FN4O2/c1-16(2,3)14(22)8-21(13-6-4-12(17)5-7-13)15(23)9-20-11-18-10-19-20/h4-7,10-11,14,22H,8-9H2,1-3H3. The van der Waals surface area contributed by atoms with Crippen LogP contribution < -0.4 is 4.90 Å². The Morgan fingerprint density at radius 2 is 2.00 bits per heavy atom. The molecule has 23 heavy (non-hydrogen) atoms. The van der Waals surface area contributed by atoms with E-state index in [1.807, 2.05) is 20.8 Å². The van der Waals surface area contributed by atoms with Gasteiger partial charge in [-0.05, 0) is 29.7 Å². The van der Waals surface area contributed by atoms with Gasteiger partial charge in [-0.3, -0.25) is 4.79 Å². The maximum Gasteiger partial charge on any atom is 0.248 e. The van der Waals surface area contributed by atoms with Gasteiger partial charge in [0.2, 0.25) is 5.91 Å². The first-order valence-electron chi connectivity index (χ1n) is 7.34. The molecule has 0 aliphatic heterocycles. The molecule has 1 amide bonds. The molecule has 124 valence electrons. The van der Waals surface area contributed by atoms with E-state index in [1.165, 1.54) is 46.5 Å². The average Bonchev–Trinajstić information content (AvgIpc) is 2.97. The van der Waals surface area contributed by atoms with Crippen LogP contribution in [-0.2, 0) is 11.3 Å². The van der Waals surface area contributed by atoms with E-state index in [0.717, 1.165) is 0 Å². The molecular weight excluding hydrogens is 299 g/mol. The topological polar surface area (TPSA) is 71.2 Å². The molecule has 0 fully saturated rings. The van der Waals surface area contributed by atoms with Crippen molar-refractivity contribution in [2.75, 3.05) is 11.4 Å². The summed E-state index contributed by atoms with van der Waals surface area (Å²) in [7, 11) is 0. The fourth-order valence-electron chi connectivity index (χ4n) is 1.96. The summed E-state index contributed by atoms with van der Waals surface area (Å²) >= 11 is 0. The number of halogens is 1. The summed E-state index contributed by atoms with van der Waals surface area (Å²) in [5.74, 6) is -0.640. The predicted octanol–water partition coefficient (Wildman–Crippen LogP) is 1.86. The lowest BCUT2D eigenvalue weighted by molar-refractivity contribution is -0.120. The molecule has 7 heteroatoms. The van der Waals surface area contributed by atoms with Gasteiger partial charge in [0.15, 0.2) is 0 Å². The molecule has 0 aliphatic rings. The van der Waals surface area contributed by atoms with Gasteiger partial charge in [-0.2, -0.15) is 5.10 Å². The highest BCUT2D eigenvalue weighted by Crippen LogP contribution is 2.23. The Bertz CT molecular complexity index is 635. The third-order valence-electron chi connectivity index (χ3n) is 3.56. The van der Waals surface area contributed by atoms with E-state index < -0.39 is 6.10 Å². The Labute approximate surface area is 134 Å². The number of hydrogen-bond acceptors (Lipinski definition) is 4. The molecular formula is C16H21FN4O2. The number of carbonyl (C=O) groups is 1. The third-order valence-corrected chi connectivity index (χ3v) is 3.56. The van der Waals surface area contributed by atoms with Crippen molar-refractivity contribution in [1.82, 2.24) is 14.8 Å². The molecule has 6 nitrogen and oxygen atoms in total. The Morgan fingerprint density at radius 1 is 1.35 bits per heavy atom. The van der Waals surface area contributed by atoms with Crippen LogP contribution in [0.3, 0.4) is 0 Å². The molecule has 1 N–H and O–H groups in total. The predicted molar refractivity (Wildman–Crippen MR) is 84.2 cm³/mol. The van der Waals surface area contributed by atoms with Crippen molar-refractivity contribution in [1.29, 1.82) is 0 Å². The van der Waals surface area contributed by atoms with Crippen LogP contribution >= 0.6 is 0 Å². The Kier molecular flexibility index (Phi) is 5.10. The summed E-state index contributed by atoms with van der Waals surface area (Å²) in [4.78, 5) is 17.8. The third kappa shape index (κ3) is 4.59. The minimum atomic E-state index is -0.729. The van der Waals surface area contributed by atoms with Crippen LogP contribution in [0.5, 0.6) is 0 Å². The van der Waals surface area contributed by atoms with Crippen molar-refractivity contribution < 1.29 is 14.3 Å². The first-order valence-corrected chi connectivity index (χ1v) is 7.34. The second-order valence-corrected chi connectivity index (χ2v) is 6.46. The zero-order valence-electron chi connectivity index (χ0n) is 13.5. The molecule has 1 heterocycles. The second-order valence-electron chi connectivity index (χ2n) is 6.46. The minimum Gasteiger partial charge on any atom is -0.391 e. The molecule has 2 rings (SSSR count). The number of aliphatic hydroxyl groups excluding tert-OH is 1. The van der Waals surface area contributed by atoms with Crippen LogP contribution in [0, 0.1) is 11.2 Å². The molecule has 1 atom stereocenters. The van der Waals surface area contributed by atoms with E-state index in [1.54, 1.807) is 0 Å². The van der Waals surface area contributed by atoms with Crippen molar-refractivity contribution in [3.8, 4) is 0 Å². The lowest BCUT2D eigenvalue weighted by Gasteiger charge is -2.32. The number of nitrogens with zero attached hydrogens (tertiary/aromatic N) is 4. The van der Waals surface area contributed by atoms with Gasteiger partial charge in [0, 0.05) is 5.69 Å². The van der Waals surface area contributed by atoms with Crippen molar-refractivity contribution in [2.24, 2.45) is 5.41 Å². The van der Waals surface area contributed by atoms with E-state index in [4.69, 9.17) is 0 Å². The quantitative estimate of drug-likeness (QED) is 0.913. The summed E-state index contributed by atoms with van der Waals surface area (Å²) < 4.78 is 14.5. The number of aliphatic hydroxyl groups is 1. The molecule has 0 spiro atoms. The summed E-state index contributed by atoms with van der Waals surface area (Å²) in [5.41, 5.74) is 0.144. The number of rotatable bonds is 5. The lowest BCUT2D eigenvalue weighted by Crippen LogP contribution is -2.44. The minimum absolute atomic E-state index is 0.00571. The van der Waals surface area contributed by atoms with Crippen LogP contribution in [0.2, 0.25) is 0 Å². The van der Waals surface area contributed by atoms with E-state index in [-0.39, 0.29) is 30.2 Å². The lowest BCUT2D eigenvalue weighted by atomic mass is 9.89. The molecule has 0 saturated carbocycles. The van der Waals surface area contributed by atoms with Gasteiger partial charge in [-0.15, -0.1) is 0 Å². The average molecular weight is 320 g/mol. The number of aromatic nitrogens is 3. The Hall–Kier alpha value is -2.28. The highest BCUT2D eigenvalue weighted by atomic mass is 19.1. The molecule has 0 bridgehead atoms. The van der Waals surface area contributed by atoms with E-state index in [9.17, 15) is 14.3 Å². The molecule has 2 aromatic rings. The van der Waals surface area contributed by atoms with Gasteiger partial charge in [-0.25, -0.2) is 14.1 Å². The zero-order chi connectivity index (χ0) is 17.0. The number of carbonyl (C=O) groups excluding carboxylic acids is 1. The van der Waals surface area contributed by atoms with Gasteiger partial charge in [-0.1, -0.05) is 20.8 Å². The Morgan fingerprint density at radius 3 is 2.52 bits per heavy atom. The maximum atomic E-state index is 13.1. The summed E-state index contributed by atoms with van der Waals surface area (Å²) in [6, 6.07) is 5.61. The summed E-state index contributed by atoms with van der Waals surface area (Å²) in [5, 5.41) is 14.3. The Balaban J connectivity index is 2.23. The van der Waals surface area contributed by atoms with Crippen LogP contribution in [0.25, 0.3) is 0 Å². The molecule has 1 aromatic heterocycles. The highest BCUT2D eigenvalue weighted by Gasteiger charge is 2.27. The number of hydrogen-bond donors (Lipinski definition) is 1. The second kappa shape index (κ2) is 6.87. The van der Waals surface area contributed by atoms with Gasteiger partial charge >= 0.3 is 0 Å². The van der Waals surface area contributed by atoms with Crippen molar-refractivity contribution >= 4 is 11.6 Å².